The Hall–Kier alpha value is -0.0700. The van der Waals surface area contributed by atoms with Crippen molar-refractivity contribution in [2.45, 2.75) is 65.5 Å². The van der Waals surface area contributed by atoms with Gasteiger partial charge in [0.25, 0.3) is 0 Å². The standard InChI is InChI=1S/C9H17F.C2H6/c1-3-8-4-6-9(2,10)7-5-8;1-2/h8H,3-7H2,1-2H3;1-2H3. The van der Waals surface area contributed by atoms with Gasteiger partial charge in [-0.3, -0.25) is 0 Å². The second-order valence-corrected chi connectivity index (χ2v) is 3.76. The zero-order valence-electron chi connectivity index (χ0n) is 8.99. The van der Waals surface area contributed by atoms with Crippen molar-refractivity contribution in [3.8, 4) is 0 Å². The molecule has 0 aromatic heterocycles. The minimum Gasteiger partial charge on any atom is -0.244 e. The molecule has 0 N–H and O–H groups in total. The highest BCUT2D eigenvalue weighted by Gasteiger charge is 2.29. The van der Waals surface area contributed by atoms with Crippen LogP contribution in [-0.4, -0.2) is 5.67 Å². The maximum Gasteiger partial charge on any atom is 0.108 e. The third kappa shape index (κ3) is 4.08. The second-order valence-electron chi connectivity index (χ2n) is 3.76. The molecule has 0 spiro atoms. The Morgan fingerprint density at radius 1 is 1.25 bits per heavy atom. The van der Waals surface area contributed by atoms with E-state index >= 15 is 0 Å². The molecule has 0 amide bonds. The van der Waals surface area contributed by atoms with Crippen LogP contribution in [0.4, 0.5) is 4.39 Å². The van der Waals surface area contributed by atoms with Gasteiger partial charge in [-0.05, 0) is 38.5 Å². The fourth-order valence-electron chi connectivity index (χ4n) is 1.69. The molecule has 0 bridgehead atoms. The van der Waals surface area contributed by atoms with Crippen LogP contribution in [0.5, 0.6) is 0 Å². The van der Waals surface area contributed by atoms with E-state index in [-0.39, 0.29) is 0 Å². The summed E-state index contributed by atoms with van der Waals surface area (Å²) in [4.78, 5) is 0. The molecular weight excluding hydrogens is 151 g/mol. The first-order chi connectivity index (χ1) is 5.64. The Kier molecular flexibility index (Phi) is 5.52. The third-order valence-electron chi connectivity index (χ3n) is 2.73. The van der Waals surface area contributed by atoms with Gasteiger partial charge in [-0.15, -0.1) is 0 Å². The van der Waals surface area contributed by atoms with Crippen LogP contribution < -0.4 is 0 Å². The van der Waals surface area contributed by atoms with Crippen LogP contribution in [0.25, 0.3) is 0 Å². The molecule has 0 radical (unpaired) electrons. The molecule has 0 heterocycles. The molecule has 74 valence electrons. The lowest BCUT2D eigenvalue weighted by molar-refractivity contribution is 0.102. The largest absolute Gasteiger partial charge is 0.244 e. The number of halogens is 1. The van der Waals surface area contributed by atoms with Crippen LogP contribution in [0, 0.1) is 5.92 Å². The zero-order chi connectivity index (χ0) is 9.61. The monoisotopic (exact) mass is 174 g/mol. The second kappa shape index (κ2) is 5.55. The molecule has 0 nitrogen and oxygen atoms in total. The average molecular weight is 174 g/mol. The van der Waals surface area contributed by atoms with Gasteiger partial charge in [-0.2, -0.15) is 0 Å². The summed E-state index contributed by atoms with van der Waals surface area (Å²) in [5.74, 6) is 0.809. The topological polar surface area (TPSA) is 0 Å². The van der Waals surface area contributed by atoms with Crippen LogP contribution in [-0.2, 0) is 0 Å². The van der Waals surface area contributed by atoms with Gasteiger partial charge in [-0.25, -0.2) is 4.39 Å². The van der Waals surface area contributed by atoms with Crippen molar-refractivity contribution >= 4 is 0 Å². The van der Waals surface area contributed by atoms with Gasteiger partial charge in [0.2, 0.25) is 0 Å². The molecule has 1 aliphatic carbocycles. The predicted octanol–water partition coefficient (Wildman–Crippen LogP) is 4.34. The molecule has 0 atom stereocenters. The highest BCUT2D eigenvalue weighted by molar-refractivity contribution is 4.81. The van der Waals surface area contributed by atoms with E-state index in [2.05, 4.69) is 6.92 Å². The van der Waals surface area contributed by atoms with Crippen LogP contribution in [0.3, 0.4) is 0 Å². The van der Waals surface area contributed by atoms with Gasteiger partial charge < -0.3 is 0 Å². The van der Waals surface area contributed by atoms with Crippen molar-refractivity contribution < 1.29 is 4.39 Å². The molecule has 1 heteroatoms. The lowest BCUT2D eigenvalue weighted by atomic mass is 9.80. The van der Waals surface area contributed by atoms with E-state index < -0.39 is 5.67 Å². The Bertz CT molecular complexity index is 97.6. The van der Waals surface area contributed by atoms with Crippen LogP contribution in [0.1, 0.15) is 59.8 Å². The van der Waals surface area contributed by atoms with E-state index in [1.54, 1.807) is 6.92 Å². The zero-order valence-corrected chi connectivity index (χ0v) is 8.99. The van der Waals surface area contributed by atoms with Gasteiger partial charge in [0.05, 0.1) is 0 Å². The summed E-state index contributed by atoms with van der Waals surface area (Å²) in [7, 11) is 0. The van der Waals surface area contributed by atoms with E-state index in [0.717, 1.165) is 31.6 Å². The number of alkyl halides is 1. The van der Waals surface area contributed by atoms with E-state index in [1.165, 1.54) is 6.42 Å². The summed E-state index contributed by atoms with van der Waals surface area (Å²) in [6.45, 7) is 7.93. The van der Waals surface area contributed by atoms with Crippen LogP contribution in [0.2, 0.25) is 0 Å². The summed E-state index contributed by atoms with van der Waals surface area (Å²) >= 11 is 0. The lowest BCUT2D eigenvalue weighted by Crippen LogP contribution is -2.25. The van der Waals surface area contributed by atoms with E-state index in [0.29, 0.717) is 0 Å². The minimum absolute atomic E-state index is 0.783. The fourth-order valence-corrected chi connectivity index (χ4v) is 1.69. The molecule has 0 aromatic carbocycles. The molecule has 1 aliphatic rings. The minimum atomic E-state index is -0.842. The molecule has 0 aromatic rings. The Morgan fingerprint density at radius 3 is 2.00 bits per heavy atom. The maximum atomic E-state index is 13.2. The SMILES string of the molecule is CC.CCC1CCC(C)(F)CC1. The normalized spacial score (nSPS) is 35.2. The summed E-state index contributed by atoms with van der Waals surface area (Å²) in [6.07, 6.45) is 5.00. The van der Waals surface area contributed by atoms with E-state index in [9.17, 15) is 4.39 Å². The number of hydrogen-bond acceptors (Lipinski definition) is 0. The van der Waals surface area contributed by atoms with Crippen molar-refractivity contribution in [1.82, 2.24) is 0 Å². The van der Waals surface area contributed by atoms with Crippen molar-refractivity contribution in [3.05, 3.63) is 0 Å². The quantitative estimate of drug-likeness (QED) is 0.554. The first-order valence-corrected chi connectivity index (χ1v) is 5.33. The highest BCUT2D eigenvalue weighted by atomic mass is 19.1. The van der Waals surface area contributed by atoms with Crippen molar-refractivity contribution in [2.24, 2.45) is 5.92 Å². The van der Waals surface area contributed by atoms with Crippen molar-refractivity contribution in [1.29, 1.82) is 0 Å². The summed E-state index contributed by atoms with van der Waals surface area (Å²) < 4.78 is 13.2. The van der Waals surface area contributed by atoms with Crippen molar-refractivity contribution in [3.63, 3.8) is 0 Å². The molecule has 1 rings (SSSR count). The average Bonchev–Trinajstić information content (AvgIpc) is 2.08. The van der Waals surface area contributed by atoms with Gasteiger partial charge in [0, 0.05) is 0 Å². The summed E-state index contributed by atoms with van der Waals surface area (Å²) in [6, 6.07) is 0. The first kappa shape index (κ1) is 11.9. The van der Waals surface area contributed by atoms with Gasteiger partial charge in [-0.1, -0.05) is 27.2 Å². The van der Waals surface area contributed by atoms with Crippen molar-refractivity contribution in [2.75, 3.05) is 0 Å². The van der Waals surface area contributed by atoms with Crippen LogP contribution >= 0.6 is 0 Å². The Labute approximate surface area is 76.6 Å². The number of hydrogen-bond donors (Lipinski definition) is 0. The van der Waals surface area contributed by atoms with Gasteiger partial charge in [0.15, 0.2) is 0 Å². The number of rotatable bonds is 1. The predicted molar refractivity (Wildman–Crippen MR) is 53.1 cm³/mol. The molecule has 1 fully saturated rings. The smallest absolute Gasteiger partial charge is 0.108 e. The molecule has 0 saturated heterocycles. The first-order valence-electron chi connectivity index (χ1n) is 5.33. The summed E-state index contributed by atoms with van der Waals surface area (Å²) in [5, 5.41) is 0. The maximum absolute atomic E-state index is 13.2. The van der Waals surface area contributed by atoms with Gasteiger partial charge >= 0.3 is 0 Å². The molecular formula is C11H23F. The fraction of sp³-hybridized carbons (Fsp3) is 1.00. The Morgan fingerprint density at radius 2 is 1.67 bits per heavy atom. The van der Waals surface area contributed by atoms with E-state index in [4.69, 9.17) is 0 Å². The van der Waals surface area contributed by atoms with Crippen LogP contribution in [0.15, 0.2) is 0 Å². The molecule has 0 unspecified atom stereocenters. The third-order valence-corrected chi connectivity index (χ3v) is 2.73. The lowest BCUT2D eigenvalue weighted by Gasteiger charge is -2.30. The molecule has 1 saturated carbocycles. The summed E-state index contributed by atoms with van der Waals surface area (Å²) in [5.41, 5.74) is -0.842. The molecule has 12 heavy (non-hydrogen) atoms. The van der Waals surface area contributed by atoms with Gasteiger partial charge in [0.1, 0.15) is 5.67 Å². The Balaban J connectivity index is 0.000000561. The molecule has 0 aliphatic heterocycles. The highest BCUT2D eigenvalue weighted by Crippen LogP contribution is 2.35. The van der Waals surface area contributed by atoms with E-state index in [1.807, 2.05) is 13.8 Å².